The van der Waals surface area contributed by atoms with Gasteiger partial charge in [0.05, 0.1) is 19.9 Å². The number of rotatable bonds is 4. The van der Waals surface area contributed by atoms with Crippen molar-refractivity contribution in [3.63, 3.8) is 0 Å². The van der Waals surface area contributed by atoms with Crippen LogP contribution in [0, 0.1) is 0 Å². The van der Waals surface area contributed by atoms with Crippen molar-refractivity contribution in [3.05, 3.63) is 46.8 Å². The summed E-state index contributed by atoms with van der Waals surface area (Å²) in [6.07, 6.45) is 0. The number of benzene rings is 1. The normalized spacial score (nSPS) is 13.8. The topological polar surface area (TPSA) is 68.2 Å². The minimum Gasteiger partial charge on any atom is -0.497 e. The Morgan fingerprint density at radius 1 is 1.25 bits per heavy atom. The van der Waals surface area contributed by atoms with Gasteiger partial charge in [-0.15, -0.1) is 11.3 Å². The Hall–Kier alpha value is -2.67. The van der Waals surface area contributed by atoms with Crippen LogP contribution in [0.2, 0.25) is 0 Å². The summed E-state index contributed by atoms with van der Waals surface area (Å²) in [5.74, 6) is 0.0603. The number of methoxy groups -OCH3 is 2. The third-order valence-corrected chi connectivity index (χ3v) is 4.63. The molecule has 2 aromatic rings. The molecule has 1 aliphatic rings. The molecule has 6 nitrogen and oxygen atoms in total. The van der Waals surface area contributed by atoms with Crippen molar-refractivity contribution in [2.24, 2.45) is 4.99 Å². The summed E-state index contributed by atoms with van der Waals surface area (Å²) in [5, 5.41) is 2.59. The fraction of sp³-hybridized carbons (Fsp3) is 0.235. The van der Waals surface area contributed by atoms with E-state index in [9.17, 15) is 9.59 Å². The molecule has 0 bridgehead atoms. The largest absolute Gasteiger partial charge is 0.497 e. The van der Waals surface area contributed by atoms with Gasteiger partial charge in [-0.1, -0.05) is 0 Å². The van der Waals surface area contributed by atoms with Gasteiger partial charge in [0.1, 0.15) is 23.8 Å². The van der Waals surface area contributed by atoms with Crippen molar-refractivity contribution >= 4 is 33.9 Å². The lowest BCUT2D eigenvalue weighted by atomic mass is 10.0. The summed E-state index contributed by atoms with van der Waals surface area (Å²) in [5.41, 5.74) is 2.46. The lowest BCUT2D eigenvalue weighted by Crippen LogP contribution is -2.36. The Kier molecular flexibility index (Phi) is 4.61. The van der Waals surface area contributed by atoms with E-state index in [4.69, 9.17) is 9.47 Å². The van der Waals surface area contributed by atoms with Crippen LogP contribution in [0.1, 0.15) is 11.1 Å². The molecular formula is C17H16N2O4S. The lowest BCUT2D eigenvalue weighted by molar-refractivity contribution is -0.139. The van der Waals surface area contributed by atoms with Crippen molar-refractivity contribution in [1.82, 2.24) is 0 Å². The number of amides is 1. The first-order valence-electron chi connectivity index (χ1n) is 7.28. The number of carbonyl (C=O) groups excluding carboxylic acids is 2. The number of ether oxygens (including phenoxy) is 2. The minimum atomic E-state index is -0.462. The molecule has 24 heavy (non-hydrogen) atoms. The van der Waals surface area contributed by atoms with Crippen LogP contribution in [-0.4, -0.2) is 44.9 Å². The molecule has 0 fully saturated rings. The summed E-state index contributed by atoms with van der Waals surface area (Å²) in [4.78, 5) is 29.9. The van der Waals surface area contributed by atoms with Crippen LogP contribution in [0.4, 0.5) is 5.00 Å². The number of anilines is 1. The number of hydrogen-bond donors (Lipinski definition) is 0. The molecule has 0 saturated heterocycles. The predicted octanol–water partition coefficient (Wildman–Crippen LogP) is 2.11. The van der Waals surface area contributed by atoms with Gasteiger partial charge in [0, 0.05) is 11.1 Å². The lowest BCUT2D eigenvalue weighted by Gasteiger charge is -2.18. The quantitative estimate of drug-likeness (QED) is 0.797. The van der Waals surface area contributed by atoms with Crippen molar-refractivity contribution in [2.45, 2.75) is 0 Å². The highest BCUT2D eigenvalue weighted by molar-refractivity contribution is 7.15. The third-order valence-electron chi connectivity index (χ3n) is 3.70. The van der Waals surface area contributed by atoms with Gasteiger partial charge in [-0.3, -0.25) is 19.5 Å². The third kappa shape index (κ3) is 3.03. The maximum Gasteiger partial charge on any atom is 0.325 e. The number of nitrogens with zero attached hydrogens (tertiary/aromatic N) is 2. The summed E-state index contributed by atoms with van der Waals surface area (Å²) in [7, 11) is 2.91. The van der Waals surface area contributed by atoms with E-state index in [0.717, 1.165) is 22.6 Å². The molecule has 0 aliphatic carbocycles. The molecule has 124 valence electrons. The van der Waals surface area contributed by atoms with E-state index in [2.05, 4.69) is 4.99 Å². The molecule has 0 radical (unpaired) electrons. The predicted molar refractivity (Wildman–Crippen MR) is 92.2 cm³/mol. The maximum absolute atomic E-state index is 12.4. The van der Waals surface area contributed by atoms with Gasteiger partial charge in [-0.2, -0.15) is 0 Å². The average molecular weight is 344 g/mol. The van der Waals surface area contributed by atoms with Crippen LogP contribution < -0.4 is 9.64 Å². The fourth-order valence-corrected chi connectivity index (χ4v) is 3.39. The first-order valence-corrected chi connectivity index (χ1v) is 8.16. The summed E-state index contributed by atoms with van der Waals surface area (Å²) in [6.45, 7) is -0.131. The highest BCUT2D eigenvalue weighted by atomic mass is 32.1. The van der Waals surface area contributed by atoms with Gasteiger partial charge in [-0.05, 0) is 35.7 Å². The van der Waals surface area contributed by atoms with Crippen molar-refractivity contribution in [3.8, 4) is 5.75 Å². The zero-order valence-electron chi connectivity index (χ0n) is 13.3. The molecular weight excluding hydrogens is 328 g/mol. The van der Waals surface area contributed by atoms with Crippen LogP contribution in [0.15, 0.2) is 40.7 Å². The number of thiophene rings is 1. The Bertz CT molecular complexity index is 795. The molecule has 0 unspecified atom stereocenters. The molecule has 1 aromatic carbocycles. The van der Waals surface area contributed by atoms with E-state index >= 15 is 0 Å². The molecule has 0 saturated carbocycles. The second-order valence-electron chi connectivity index (χ2n) is 5.09. The fourth-order valence-electron chi connectivity index (χ4n) is 2.47. The zero-order chi connectivity index (χ0) is 17.1. The Morgan fingerprint density at radius 2 is 2.00 bits per heavy atom. The number of esters is 1. The van der Waals surface area contributed by atoms with Crippen LogP contribution >= 0.6 is 11.3 Å². The molecule has 7 heteroatoms. The standard InChI is InChI=1S/C17H16N2O4S/c1-22-12-5-3-11(4-6-12)16-13-7-8-24-17(13)19(10-15(21)23-2)14(20)9-18-16/h3-8H,9-10H2,1-2H3. The average Bonchev–Trinajstić information content (AvgIpc) is 3.04. The Labute approximate surface area is 143 Å². The number of hydrogen-bond acceptors (Lipinski definition) is 6. The summed E-state index contributed by atoms with van der Waals surface area (Å²) >= 11 is 1.40. The Morgan fingerprint density at radius 3 is 2.67 bits per heavy atom. The number of carbonyl (C=O) groups is 2. The van der Waals surface area contributed by atoms with Gasteiger partial charge < -0.3 is 9.47 Å². The molecule has 2 heterocycles. The van der Waals surface area contributed by atoms with E-state index in [1.54, 1.807) is 7.11 Å². The van der Waals surface area contributed by atoms with Crippen LogP contribution in [-0.2, 0) is 14.3 Å². The molecule has 3 rings (SSSR count). The Balaban J connectivity index is 2.00. The summed E-state index contributed by atoms with van der Waals surface area (Å²) in [6, 6.07) is 9.41. The molecule has 1 aromatic heterocycles. The highest BCUT2D eigenvalue weighted by Gasteiger charge is 2.28. The number of fused-ring (bicyclic) bond motifs is 1. The molecule has 0 N–H and O–H groups in total. The van der Waals surface area contributed by atoms with Gasteiger partial charge in [0.25, 0.3) is 0 Å². The number of aliphatic imine (C=N–C) groups is 1. The maximum atomic E-state index is 12.4. The molecule has 1 aliphatic heterocycles. The zero-order valence-corrected chi connectivity index (χ0v) is 14.1. The van der Waals surface area contributed by atoms with Crippen molar-refractivity contribution in [2.75, 3.05) is 32.2 Å². The van der Waals surface area contributed by atoms with E-state index in [-0.39, 0.29) is 19.0 Å². The highest BCUT2D eigenvalue weighted by Crippen LogP contribution is 2.32. The van der Waals surface area contributed by atoms with Gasteiger partial charge >= 0.3 is 5.97 Å². The first-order chi connectivity index (χ1) is 11.6. The van der Waals surface area contributed by atoms with Crippen molar-refractivity contribution < 1.29 is 19.1 Å². The monoisotopic (exact) mass is 344 g/mol. The van der Waals surface area contributed by atoms with Crippen molar-refractivity contribution in [1.29, 1.82) is 0 Å². The van der Waals surface area contributed by atoms with E-state index in [1.807, 2.05) is 35.7 Å². The van der Waals surface area contributed by atoms with Crippen LogP contribution in [0.3, 0.4) is 0 Å². The molecule has 0 spiro atoms. The second-order valence-corrected chi connectivity index (χ2v) is 5.98. The molecule has 1 amide bonds. The first kappa shape index (κ1) is 16.2. The summed E-state index contributed by atoms with van der Waals surface area (Å²) < 4.78 is 9.87. The SMILES string of the molecule is COC(=O)CN1C(=O)CN=C(c2ccc(OC)cc2)c2ccsc21. The molecule has 0 atom stereocenters. The van der Waals surface area contributed by atoms with Gasteiger partial charge in [0.15, 0.2) is 0 Å². The van der Waals surface area contributed by atoms with Crippen LogP contribution in [0.5, 0.6) is 5.75 Å². The van der Waals surface area contributed by atoms with Gasteiger partial charge in [-0.25, -0.2) is 0 Å². The van der Waals surface area contributed by atoms with Crippen LogP contribution in [0.25, 0.3) is 0 Å². The van der Waals surface area contributed by atoms with Gasteiger partial charge in [0.2, 0.25) is 5.91 Å². The van der Waals surface area contributed by atoms with E-state index in [0.29, 0.717) is 5.00 Å². The second kappa shape index (κ2) is 6.84. The minimum absolute atomic E-state index is 0.0141. The van der Waals surface area contributed by atoms with E-state index < -0.39 is 5.97 Å². The smallest absolute Gasteiger partial charge is 0.325 e. The van der Waals surface area contributed by atoms with E-state index in [1.165, 1.54) is 23.3 Å².